The molecular weight excluding hydrogens is 336 g/mol. The van der Waals surface area contributed by atoms with Gasteiger partial charge in [0, 0.05) is 22.5 Å². The van der Waals surface area contributed by atoms with Gasteiger partial charge in [0.15, 0.2) is 0 Å². The van der Waals surface area contributed by atoms with Crippen LogP contribution < -0.4 is 5.32 Å². The fraction of sp³-hybridized carbons (Fsp3) is 0.636. The molecule has 0 saturated carbocycles. The summed E-state index contributed by atoms with van der Waals surface area (Å²) < 4.78 is 1.03. The van der Waals surface area contributed by atoms with Crippen LogP contribution in [0.25, 0.3) is 0 Å². The summed E-state index contributed by atoms with van der Waals surface area (Å²) in [5.74, 6) is 0.639. The molecule has 0 saturated heterocycles. The van der Waals surface area contributed by atoms with E-state index >= 15 is 0 Å². The molecule has 16 heavy (non-hydrogen) atoms. The van der Waals surface area contributed by atoms with Crippen molar-refractivity contribution in [1.29, 1.82) is 0 Å². The fourth-order valence-corrected chi connectivity index (χ4v) is 2.16. The lowest BCUT2D eigenvalue weighted by Gasteiger charge is -2.21. The van der Waals surface area contributed by atoms with Gasteiger partial charge >= 0.3 is 0 Å². The molecule has 0 aliphatic rings. The molecule has 0 radical (unpaired) electrons. The van der Waals surface area contributed by atoms with Gasteiger partial charge in [0.25, 0.3) is 0 Å². The van der Waals surface area contributed by atoms with E-state index in [0.717, 1.165) is 9.99 Å². The lowest BCUT2D eigenvalue weighted by atomic mass is 9.90. The Kier molecular flexibility index (Phi) is 5.24. The van der Waals surface area contributed by atoms with Gasteiger partial charge in [0.1, 0.15) is 0 Å². The van der Waals surface area contributed by atoms with Gasteiger partial charge in [-0.2, -0.15) is 0 Å². The summed E-state index contributed by atoms with van der Waals surface area (Å²) >= 11 is 8.40. The minimum absolute atomic E-state index is 0.0999. The standard InChI is InChI=1S/C11H17ClIN3/c1-11(2,3)4-8(12)5-14-10-15-6-9(13)7-16-10/h6-8H,4-5H2,1-3H3,(H,14,15,16). The Labute approximate surface area is 116 Å². The number of nitrogens with zero attached hydrogens (tertiary/aromatic N) is 2. The summed E-state index contributed by atoms with van der Waals surface area (Å²) in [6.45, 7) is 7.25. The molecule has 1 N–H and O–H groups in total. The maximum absolute atomic E-state index is 6.23. The molecule has 90 valence electrons. The van der Waals surface area contributed by atoms with E-state index in [1.54, 1.807) is 12.4 Å². The first kappa shape index (κ1) is 14.0. The molecule has 0 aromatic carbocycles. The highest BCUT2D eigenvalue weighted by Crippen LogP contribution is 2.23. The third kappa shape index (κ3) is 5.84. The van der Waals surface area contributed by atoms with Crippen molar-refractivity contribution < 1.29 is 0 Å². The lowest BCUT2D eigenvalue weighted by molar-refractivity contribution is 0.373. The van der Waals surface area contributed by atoms with Crippen LogP contribution >= 0.6 is 34.2 Å². The van der Waals surface area contributed by atoms with E-state index in [-0.39, 0.29) is 10.8 Å². The van der Waals surface area contributed by atoms with E-state index < -0.39 is 0 Å². The van der Waals surface area contributed by atoms with Crippen LogP contribution in [0.1, 0.15) is 27.2 Å². The Morgan fingerprint density at radius 3 is 2.44 bits per heavy atom. The highest BCUT2D eigenvalue weighted by molar-refractivity contribution is 14.1. The van der Waals surface area contributed by atoms with Crippen LogP contribution in [0.3, 0.4) is 0 Å². The molecule has 3 nitrogen and oxygen atoms in total. The number of alkyl halides is 1. The second-order valence-electron chi connectivity index (χ2n) is 4.97. The fourth-order valence-electron chi connectivity index (χ4n) is 1.34. The van der Waals surface area contributed by atoms with Crippen LogP contribution in [-0.4, -0.2) is 21.9 Å². The van der Waals surface area contributed by atoms with Crippen LogP contribution in [0.2, 0.25) is 0 Å². The smallest absolute Gasteiger partial charge is 0.222 e. The maximum atomic E-state index is 6.23. The molecule has 1 unspecified atom stereocenters. The predicted octanol–water partition coefficient (Wildman–Crippen LogP) is 3.54. The molecule has 1 aromatic rings. The quantitative estimate of drug-likeness (QED) is 0.664. The second kappa shape index (κ2) is 6.00. The SMILES string of the molecule is CC(C)(C)CC(Cl)CNc1ncc(I)cn1. The minimum Gasteiger partial charge on any atom is -0.353 e. The number of nitrogens with one attached hydrogen (secondary N) is 1. The van der Waals surface area contributed by atoms with Crippen molar-refractivity contribution in [2.75, 3.05) is 11.9 Å². The van der Waals surface area contributed by atoms with Crippen LogP contribution in [-0.2, 0) is 0 Å². The third-order valence-corrected chi connectivity index (χ3v) is 2.80. The first-order chi connectivity index (χ1) is 7.37. The summed E-state index contributed by atoms with van der Waals surface area (Å²) in [5.41, 5.74) is 0.251. The zero-order valence-corrected chi connectivity index (χ0v) is 12.7. The van der Waals surface area contributed by atoms with Crippen molar-refractivity contribution in [3.8, 4) is 0 Å². The Bertz CT molecular complexity index is 321. The molecule has 5 heteroatoms. The first-order valence-electron chi connectivity index (χ1n) is 5.22. The number of aromatic nitrogens is 2. The Morgan fingerprint density at radius 2 is 1.94 bits per heavy atom. The number of halogens is 2. The van der Waals surface area contributed by atoms with Crippen molar-refractivity contribution in [2.24, 2.45) is 5.41 Å². The zero-order valence-electron chi connectivity index (χ0n) is 9.80. The summed E-state index contributed by atoms with van der Waals surface area (Å²) in [4.78, 5) is 8.32. The Morgan fingerprint density at radius 1 is 1.38 bits per heavy atom. The van der Waals surface area contributed by atoms with Crippen LogP contribution in [0.4, 0.5) is 5.95 Å². The number of rotatable bonds is 4. The Balaban J connectivity index is 2.37. The van der Waals surface area contributed by atoms with Gasteiger partial charge in [-0.25, -0.2) is 9.97 Å². The van der Waals surface area contributed by atoms with E-state index in [9.17, 15) is 0 Å². The van der Waals surface area contributed by atoms with E-state index in [4.69, 9.17) is 11.6 Å². The molecule has 1 heterocycles. The van der Waals surface area contributed by atoms with Gasteiger partial charge < -0.3 is 5.32 Å². The van der Waals surface area contributed by atoms with E-state index in [0.29, 0.717) is 12.5 Å². The van der Waals surface area contributed by atoms with E-state index in [2.05, 4.69) is 58.6 Å². The third-order valence-electron chi connectivity index (χ3n) is 1.94. The highest BCUT2D eigenvalue weighted by atomic mass is 127. The number of hydrogen-bond acceptors (Lipinski definition) is 3. The van der Waals surface area contributed by atoms with E-state index in [1.165, 1.54) is 0 Å². The average Bonchev–Trinajstić information content (AvgIpc) is 2.14. The van der Waals surface area contributed by atoms with Crippen molar-refractivity contribution in [2.45, 2.75) is 32.6 Å². The molecule has 0 aliphatic heterocycles. The molecule has 1 aromatic heterocycles. The second-order valence-corrected chi connectivity index (χ2v) is 6.83. The summed E-state index contributed by atoms with van der Waals surface area (Å²) in [6, 6.07) is 0. The van der Waals surface area contributed by atoms with Crippen LogP contribution in [0, 0.1) is 8.99 Å². The minimum atomic E-state index is 0.0999. The van der Waals surface area contributed by atoms with Crippen molar-refractivity contribution in [1.82, 2.24) is 9.97 Å². The normalized spacial score (nSPS) is 13.6. The maximum Gasteiger partial charge on any atom is 0.222 e. The van der Waals surface area contributed by atoms with Crippen LogP contribution in [0.15, 0.2) is 12.4 Å². The number of hydrogen-bond donors (Lipinski definition) is 1. The van der Waals surface area contributed by atoms with E-state index in [1.807, 2.05) is 0 Å². The van der Waals surface area contributed by atoms with Gasteiger partial charge in [0.05, 0.1) is 5.38 Å². The monoisotopic (exact) mass is 353 g/mol. The van der Waals surface area contributed by atoms with Gasteiger partial charge in [-0.05, 0) is 34.4 Å². The van der Waals surface area contributed by atoms with Gasteiger partial charge in [-0.3, -0.25) is 0 Å². The lowest BCUT2D eigenvalue weighted by Crippen LogP contribution is -2.21. The molecule has 0 spiro atoms. The molecular formula is C11H17ClIN3. The van der Waals surface area contributed by atoms with Crippen molar-refractivity contribution in [3.63, 3.8) is 0 Å². The van der Waals surface area contributed by atoms with Gasteiger partial charge in [-0.1, -0.05) is 20.8 Å². The largest absolute Gasteiger partial charge is 0.353 e. The Hall–Kier alpha value is -0.100. The highest BCUT2D eigenvalue weighted by Gasteiger charge is 2.16. The first-order valence-corrected chi connectivity index (χ1v) is 6.74. The van der Waals surface area contributed by atoms with Crippen molar-refractivity contribution >= 4 is 40.1 Å². The molecule has 0 amide bonds. The van der Waals surface area contributed by atoms with Gasteiger partial charge in [-0.15, -0.1) is 11.6 Å². The average molecular weight is 354 g/mol. The molecule has 1 atom stereocenters. The van der Waals surface area contributed by atoms with Gasteiger partial charge in [0.2, 0.25) is 5.95 Å². The molecule has 0 bridgehead atoms. The summed E-state index contributed by atoms with van der Waals surface area (Å²) in [6.07, 6.45) is 4.53. The van der Waals surface area contributed by atoms with Crippen LogP contribution in [0.5, 0.6) is 0 Å². The zero-order chi connectivity index (χ0) is 12.2. The predicted molar refractivity (Wildman–Crippen MR) is 77.0 cm³/mol. The van der Waals surface area contributed by atoms with Crippen molar-refractivity contribution in [3.05, 3.63) is 16.0 Å². The summed E-state index contributed by atoms with van der Waals surface area (Å²) in [7, 11) is 0. The molecule has 1 rings (SSSR count). The molecule has 0 aliphatic carbocycles. The topological polar surface area (TPSA) is 37.8 Å². The molecule has 0 fully saturated rings. The number of anilines is 1. The summed E-state index contributed by atoms with van der Waals surface area (Å²) in [5, 5.41) is 3.24.